The Labute approximate surface area is 255 Å². The third-order valence-electron chi connectivity index (χ3n) is 6.86. The third kappa shape index (κ3) is 5.60. The summed E-state index contributed by atoms with van der Waals surface area (Å²) in [5.74, 6) is 0.175. The molecule has 5 rings (SSSR count). The predicted molar refractivity (Wildman–Crippen MR) is 169 cm³/mol. The smallest absolute Gasteiger partial charge is 0.338 e. The highest BCUT2D eigenvalue weighted by Crippen LogP contribution is 2.36. The zero-order chi connectivity index (χ0) is 29.3. The van der Waals surface area contributed by atoms with Crippen molar-refractivity contribution in [2.45, 2.75) is 32.7 Å². The van der Waals surface area contributed by atoms with Gasteiger partial charge in [0.1, 0.15) is 0 Å². The van der Waals surface area contributed by atoms with E-state index >= 15 is 0 Å². The van der Waals surface area contributed by atoms with Gasteiger partial charge in [-0.25, -0.2) is 9.79 Å². The van der Waals surface area contributed by atoms with E-state index in [2.05, 4.69) is 13.8 Å². The number of rotatable bonds is 7. The second-order valence-electron chi connectivity index (χ2n) is 9.81. The molecule has 1 atom stereocenters. The van der Waals surface area contributed by atoms with Crippen LogP contribution in [0.25, 0.3) is 11.8 Å². The van der Waals surface area contributed by atoms with Gasteiger partial charge in [0.05, 0.1) is 39.1 Å². The van der Waals surface area contributed by atoms with Gasteiger partial charge < -0.3 is 14.6 Å². The number of aromatic hydroxyl groups is 1. The maximum Gasteiger partial charge on any atom is 0.338 e. The molecule has 0 aliphatic carbocycles. The molecule has 7 nitrogen and oxygen atoms in total. The molecule has 210 valence electrons. The van der Waals surface area contributed by atoms with Crippen molar-refractivity contribution >= 4 is 51.7 Å². The molecule has 1 aliphatic heterocycles. The molecule has 41 heavy (non-hydrogen) atoms. The Morgan fingerprint density at radius 3 is 2.49 bits per heavy atom. The number of carbonyl (C=O) groups excluding carboxylic acids is 1. The fraction of sp³-hybridized carbons (Fsp3) is 0.219. The quantitative estimate of drug-likeness (QED) is 0.209. The van der Waals surface area contributed by atoms with Crippen LogP contribution in [0.15, 0.2) is 82.1 Å². The van der Waals surface area contributed by atoms with E-state index in [9.17, 15) is 14.7 Å². The molecule has 0 bridgehead atoms. The molecule has 1 N–H and O–H groups in total. The summed E-state index contributed by atoms with van der Waals surface area (Å²) in [6.07, 6.45) is 1.75. The average Bonchev–Trinajstić information content (AvgIpc) is 3.28. The number of benzene rings is 3. The number of fused-ring (bicyclic) bond motifs is 1. The standard InChI is InChI=1S/C32H29IN2O5S/c1-5-40-31(38)26-27(21-9-7-6-8-10-21)34-32-35(28(26)22-13-11-20(12-14-22)18(2)3)30(37)25(41-32)17-19-15-23(33)29(36)24(16-19)39-4/h6-18,28,36H,5H2,1-4H3/b25-17-/t28-/m1/s1. The van der Waals surface area contributed by atoms with Crippen LogP contribution in [0.4, 0.5) is 0 Å². The zero-order valence-electron chi connectivity index (χ0n) is 23.1. The highest BCUT2D eigenvalue weighted by molar-refractivity contribution is 14.1. The van der Waals surface area contributed by atoms with Gasteiger partial charge >= 0.3 is 5.97 Å². The molecular formula is C32H29IN2O5S. The Morgan fingerprint density at radius 1 is 1.15 bits per heavy atom. The third-order valence-corrected chi connectivity index (χ3v) is 8.67. The Bertz CT molecular complexity index is 1820. The number of thiazole rings is 1. The molecule has 2 heterocycles. The topological polar surface area (TPSA) is 90.1 Å². The minimum atomic E-state index is -0.738. The van der Waals surface area contributed by atoms with Crippen LogP contribution in [-0.2, 0) is 9.53 Å². The summed E-state index contributed by atoms with van der Waals surface area (Å²) in [6, 6.07) is 20.2. The molecule has 3 aromatic carbocycles. The van der Waals surface area contributed by atoms with Crippen LogP contribution in [-0.4, -0.2) is 29.4 Å². The fourth-order valence-electron chi connectivity index (χ4n) is 4.80. The maximum absolute atomic E-state index is 14.1. The van der Waals surface area contributed by atoms with Crippen molar-refractivity contribution in [2.75, 3.05) is 13.7 Å². The molecule has 0 saturated carbocycles. The minimum Gasteiger partial charge on any atom is -0.504 e. The molecule has 1 aromatic heterocycles. The number of hydrogen-bond acceptors (Lipinski definition) is 7. The van der Waals surface area contributed by atoms with Gasteiger partial charge in [0.25, 0.3) is 5.56 Å². The number of ether oxygens (including phenoxy) is 2. The second-order valence-corrected chi connectivity index (χ2v) is 12.0. The molecule has 0 saturated heterocycles. The molecule has 4 aromatic rings. The first-order chi connectivity index (χ1) is 19.7. The lowest BCUT2D eigenvalue weighted by Crippen LogP contribution is -2.40. The van der Waals surface area contributed by atoms with Crippen molar-refractivity contribution in [3.05, 3.63) is 118 Å². The van der Waals surface area contributed by atoms with Crippen LogP contribution in [0, 0.1) is 3.57 Å². The summed E-state index contributed by atoms with van der Waals surface area (Å²) in [7, 11) is 1.48. The molecule has 0 radical (unpaired) electrons. The summed E-state index contributed by atoms with van der Waals surface area (Å²) in [5, 5.41) is 10.3. The van der Waals surface area contributed by atoms with Gasteiger partial charge in [0.15, 0.2) is 16.3 Å². The van der Waals surface area contributed by atoms with E-state index in [1.807, 2.05) is 77.2 Å². The van der Waals surface area contributed by atoms with E-state index in [1.54, 1.807) is 29.7 Å². The molecule has 0 unspecified atom stereocenters. The van der Waals surface area contributed by atoms with Gasteiger partial charge in [0, 0.05) is 5.56 Å². The summed E-state index contributed by atoms with van der Waals surface area (Å²) in [6.45, 7) is 6.19. The number of phenolic OH excluding ortho intramolecular Hbond substituents is 1. The summed E-state index contributed by atoms with van der Waals surface area (Å²) >= 11 is 3.27. The SMILES string of the molecule is CCOC(=O)C1=C(c2ccccc2)N=c2s/c(=C\c3cc(I)c(O)c(OC)c3)c(=O)n2[C@@H]1c1ccc(C(C)C)cc1. The first-order valence-corrected chi connectivity index (χ1v) is 15.1. The van der Waals surface area contributed by atoms with E-state index < -0.39 is 12.0 Å². The van der Waals surface area contributed by atoms with Crippen LogP contribution in [0.3, 0.4) is 0 Å². The molecular weight excluding hydrogens is 651 g/mol. The number of carbonyl (C=O) groups is 1. The number of aromatic nitrogens is 1. The van der Waals surface area contributed by atoms with E-state index in [4.69, 9.17) is 14.5 Å². The van der Waals surface area contributed by atoms with Gasteiger partial charge in [0.2, 0.25) is 0 Å². The Balaban J connectivity index is 1.81. The average molecular weight is 681 g/mol. The first kappa shape index (κ1) is 28.8. The minimum absolute atomic E-state index is 0.0446. The monoisotopic (exact) mass is 680 g/mol. The number of halogens is 1. The Kier molecular flexibility index (Phi) is 8.46. The number of nitrogens with zero attached hydrogens (tertiary/aromatic N) is 2. The first-order valence-electron chi connectivity index (χ1n) is 13.2. The number of methoxy groups -OCH3 is 1. The second kappa shape index (κ2) is 12.0. The van der Waals surface area contributed by atoms with Crippen molar-refractivity contribution in [3.63, 3.8) is 0 Å². The molecule has 0 fully saturated rings. The van der Waals surface area contributed by atoms with Crippen molar-refractivity contribution in [1.82, 2.24) is 4.57 Å². The van der Waals surface area contributed by atoms with Crippen molar-refractivity contribution in [1.29, 1.82) is 0 Å². The zero-order valence-corrected chi connectivity index (χ0v) is 26.0. The van der Waals surface area contributed by atoms with Crippen LogP contribution in [0.1, 0.15) is 55.0 Å². The van der Waals surface area contributed by atoms with Crippen molar-refractivity contribution < 1.29 is 19.4 Å². The predicted octanol–water partition coefficient (Wildman–Crippen LogP) is 5.38. The largest absolute Gasteiger partial charge is 0.504 e. The number of hydrogen-bond donors (Lipinski definition) is 1. The lowest BCUT2D eigenvalue weighted by Gasteiger charge is -2.26. The fourth-order valence-corrected chi connectivity index (χ4v) is 6.43. The van der Waals surface area contributed by atoms with Gasteiger partial charge in [-0.15, -0.1) is 0 Å². The molecule has 0 spiro atoms. The van der Waals surface area contributed by atoms with Gasteiger partial charge in [-0.2, -0.15) is 0 Å². The van der Waals surface area contributed by atoms with Crippen LogP contribution < -0.4 is 19.6 Å². The summed E-state index contributed by atoms with van der Waals surface area (Å²) in [4.78, 5) is 33.0. The van der Waals surface area contributed by atoms with E-state index in [1.165, 1.54) is 18.4 Å². The number of esters is 1. The number of phenols is 1. The van der Waals surface area contributed by atoms with Crippen LogP contribution in [0.5, 0.6) is 11.5 Å². The van der Waals surface area contributed by atoms with Crippen LogP contribution >= 0.6 is 33.9 Å². The highest BCUT2D eigenvalue weighted by Gasteiger charge is 2.35. The summed E-state index contributed by atoms with van der Waals surface area (Å²) in [5.41, 5.74) is 3.92. The maximum atomic E-state index is 14.1. The van der Waals surface area contributed by atoms with Gasteiger partial charge in [-0.05, 0) is 70.3 Å². The van der Waals surface area contributed by atoms with E-state index in [0.29, 0.717) is 41.4 Å². The van der Waals surface area contributed by atoms with Gasteiger partial charge in [-0.3, -0.25) is 9.36 Å². The van der Waals surface area contributed by atoms with E-state index in [-0.39, 0.29) is 17.9 Å². The Hall–Kier alpha value is -3.70. The molecule has 0 amide bonds. The lowest BCUT2D eigenvalue weighted by atomic mass is 9.91. The van der Waals surface area contributed by atoms with Crippen molar-refractivity contribution in [2.24, 2.45) is 4.99 Å². The summed E-state index contributed by atoms with van der Waals surface area (Å²) < 4.78 is 13.5. The van der Waals surface area contributed by atoms with Crippen molar-refractivity contribution in [3.8, 4) is 11.5 Å². The Morgan fingerprint density at radius 2 is 1.85 bits per heavy atom. The molecule has 9 heteroatoms. The highest BCUT2D eigenvalue weighted by atomic mass is 127. The molecule has 1 aliphatic rings. The lowest BCUT2D eigenvalue weighted by molar-refractivity contribution is -0.138. The van der Waals surface area contributed by atoms with Crippen LogP contribution in [0.2, 0.25) is 0 Å². The normalized spacial score (nSPS) is 15.1. The van der Waals surface area contributed by atoms with E-state index in [0.717, 1.165) is 16.7 Å². The van der Waals surface area contributed by atoms with Gasteiger partial charge in [-0.1, -0.05) is 79.8 Å².